The van der Waals surface area contributed by atoms with E-state index in [2.05, 4.69) is 19.2 Å². The van der Waals surface area contributed by atoms with E-state index in [0.29, 0.717) is 5.92 Å². The van der Waals surface area contributed by atoms with Gasteiger partial charge in [0.2, 0.25) is 0 Å². The van der Waals surface area contributed by atoms with Crippen molar-refractivity contribution in [3.05, 3.63) is 47.8 Å². The van der Waals surface area contributed by atoms with Gasteiger partial charge in [0.1, 0.15) is 5.76 Å². The molecule has 3 rings (SSSR count). The van der Waals surface area contributed by atoms with Gasteiger partial charge in [-0.3, -0.25) is 0 Å². The van der Waals surface area contributed by atoms with Gasteiger partial charge >= 0.3 is 5.97 Å². The minimum Gasteiger partial charge on any atom is -0.423 e. The predicted octanol–water partition coefficient (Wildman–Crippen LogP) is 3.68. The first-order valence-electron chi connectivity index (χ1n) is 6.54. The lowest BCUT2D eigenvalue weighted by Crippen LogP contribution is -2.35. The lowest BCUT2D eigenvalue weighted by molar-refractivity contribution is -0.133. The van der Waals surface area contributed by atoms with Crippen molar-refractivity contribution >= 4 is 5.97 Å². The van der Waals surface area contributed by atoms with E-state index in [1.54, 1.807) is 0 Å². The second-order valence-electron chi connectivity index (χ2n) is 5.59. The highest BCUT2D eigenvalue weighted by Crippen LogP contribution is 2.54. The van der Waals surface area contributed by atoms with Gasteiger partial charge in [0, 0.05) is 16.6 Å². The second kappa shape index (κ2) is 3.71. The monoisotopic (exact) mass is 242 g/mol. The molecule has 1 saturated carbocycles. The van der Waals surface area contributed by atoms with Crippen molar-refractivity contribution in [2.24, 2.45) is 11.3 Å². The molecule has 18 heavy (non-hydrogen) atoms. The Morgan fingerprint density at radius 3 is 3.06 bits per heavy atom. The molecule has 2 heteroatoms. The molecule has 0 bridgehead atoms. The molecule has 0 spiro atoms. The van der Waals surface area contributed by atoms with Crippen LogP contribution < -0.4 is 0 Å². The van der Waals surface area contributed by atoms with Crippen LogP contribution in [0.3, 0.4) is 0 Å². The number of rotatable bonds is 1. The molecule has 2 atom stereocenters. The molecule has 0 aromatic rings. The number of carbonyl (C=O) groups is 1. The fourth-order valence-electron chi connectivity index (χ4n) is 3.52. The van der Waals surface area contributed by atoms with E-state index in [4.69, 9.17) is 4.74 Å². The number of esters is 1. The van der Waals surface area contributed by atoms with Crippen LogP contribution >= 0.6 is 0 Å². The topological polar surface area (TPSA) is 26.3 Å². The van der Waals surface area contributed by atoms with E-state index < -0.39 is 0 Å². The molecule has 2 nitrogen and oxygen atoms in total. The highest BCUT2D eigenvalue weighted by Gasteiger charge is 2.45. The molecule has 94 valence electrons. The van der Waals surface area contributed by atoms with E-state index in [-0.39, 0.29) is 11.4 Å². The Bertz CT molecular complexity index is 521. The smallest absolute Gasteiger partial charge is 0.339 e. The van der Waals surface area contributed by atoms with Gasteiger partial charge < -0.3 is 4.74 Å². The first-order chi connectivity index (χ1) is 8.57. The van der Waals surface area contributed by atoms with Crippen LogP contribution in [0, 0.1) is 11.3 Å². The van der Waals surface area contributed by atoms with Crippen molar-refractivity contribution in [3.8, 4) is 0 Å². The summed E-state index contributed by atoms with van der Waals surface area (Å²) in [4.78, 5) is 11.7. The summed E-state index contributed by atoms with van der Waals surface area (Å²) in [5, 5.41) is 0. The molecule has 1 aliphatic heterocycles. The standard InChI is InChI=1S/C16H18O2/c1-4-16-7-5-6-10(2)13(16)8-12-11(3)15(17)18-14(12)9-16/h4,9,13H,1-2,5-8H2,3H3/t13?,16-/m1/s1. The Labute approximate surface area is 108 Å². The lowest BCUT2D eigenvalue weighted by atomic mass is 9.59. The summed E-state index contributed by atoms with van der Waals surface area (Å²) in [6.45, 7) is 10.1. The highest BCUT2D eigenvalue weighted by molar-refractivity contribution is 5.94. The maximum atomic E-state index is 11.7. The summed E-state index contributed by atoms with van der Waals surface area (Å²) in [6.07, 6.45) is 8.30. The van der Waals surface area contributed by atoms with Gasteiger partial charge in [0.25, 0.3) is 0 Å². The summed E-state index contributed by atoms with van der Waals surface area (Å²) in [7, 11) is 0. The molecule has 1 fully saturated rings. The largest absolute Gasteiger partial charge is 0.423 e. The zero-order chi connectivity index (χ0) is 12.9. The van der Waals surface area contributed by atoms with Gasteiger partial charge in [-0.25, -0.2) is 4.79 Å². The predicted molar refractivity (Wildman–Crippen MR) is 70.6 cm³/mol. The van der Waals surface area contributed by atoms with Crippen LogP contribution in [-0.2, 0) is 9.53 Å². The first-order valence-corrected chi connectivity index (χ1v) is 6.54. The average molecular weight is 242 g/mol. The fourth-order valence-corrected chi connectivity index (χ4v) is 3.52. The number of hydrogen-bond acceptors (Lipinski definition) is 2. The van der Waals surface area contributed by atoms with E-state index in [0.717, 1.165) is 42.6 Å². The number of carbonyl (C=O) groups excluding carboxylic acids is 1. The van der Waals surface area contributed by atoms with Crippen LogP contribution in [0.5, 0.6) is 0 Å². The third-order valence-electron chi connectivity index (χ3n) is 4.70. The summed E-state index contributed by atoms with van der Waals surface area (Å²) in [5.41, 5.74) is 3.07. The Kier molecular flexibility index (Phi) is 2.37. The number of ether oxygens (including phenoxy) is 1. The zero-order valence-corrected chi connectivity index (χ0v) is 10.8. The van der Waals surface area contributed by atoms with E-state index in [9.17, 15) is 4.79 Å². The number of hydrogen-bond donors (Lipinski definition) is 0. The summed E-state index contributed by atoms with van der Waals surface area (Å²) in [5.74, 6) is 0.954. The molecule has 3 aliphatic rings. The molecule has 0 amide bonds. The van der Waals surface area contributed by atoms with Crippen molar-refractivity contribution < 1.29 is 9.53 Å². The van der Waals surface area contributed by atoms with Gasteiger partial charge in [-0.1, -0.05) is 18.2 Å². The minimum atomic E-state index is -0.195. The third kappa shape index (κ3) is 1.38. The van der Waals surface area contributed by atoms with Crippen LogP contribution in [0.25, 0.3) is 0 Å². The van der Waals surface area contributed by atoms with Gasteiger partial charge in [0.15, 0.2) is 0 Å². The van der Waals surface area contributed by atoms with Crippen LogP contribution in [0.15, 0.2) is 47.8 Å². The Hall–Kier alpha value is -1.57. The van der Waals surface area contributed by atoms with E-state index in [1.165, 1.54) is 5.57 Å². The quantitative estimate of drug-likeness (QED) is 0.518. The minimum absolute atomic E-state index is 0.0565. The van der Waals surface area contributed by atoms with Crippen molar-refractivity contribution in [2.75, 3.05) is 0 Å². The highest BCUT2D eigenvalue weighted by atomic mass is 16.5. The SMILES string of the molecule is C=C[C@@]12C=C3OC(=O)C(C)=C3CC1C(=C)CCC2. The molecule has 0 radical (unpaired) electrons. The molecular formula is C16H18O2. The van der Waals surface area contributed by atoms with Crippen molar-refractivity contribution in [1.82, 2.24) is 0 Å². The van der Waals surface area contributed by atoms with Gasteiger partial charge in [-0.15, -0.1) is 6.58 Å². The maximum Gasteiger partial charge on any atom is 0.339 e. The Morgan fingerprint density at radius 2 is 2.33 bits per heavy atom. The van der Waals surface area contributed by atoms with E-state index >= 15 is 0 Å². The van der Waals surface area contributed by atoms with Crippen molar-refractivity contribution in [1.29, 1.82) is 0 Å². The lowest BCUT2D eigenvalue weighted by Gasteiger charge is -2.44. The van der Waals surface area contributed by atoms with Gasteiger partial charge in [-0.05, 0) is 44.6 Å². The van der Waals surface area contributed by atoms with E-state index in [1.807, 2.05) is 13.0 Å². The molecule has 0 aromatic heterocycles. The number of fused-ring (bicyclic) bond motifs is 2. The van der Waals surface area contributed by atoms with Crippen LogP contribution in [-0.4, -0.2) is 5.97 Å². The first kappa shape index (κ1) is 11.5. The second-order valence-corrected chi connectivity index (χ2v) is 5.59. The summed E-state index contributed by atoms with van der Waals surface area (Å²) >= 11 is 0. The maximum absolute atomic E-state index is 11.7. The molecule has 2 aliphatic carbocycles. The Morgan fingerprint density at radius 1 is 1.56 bits per heavy atom. The molecule has 0 aromatic carbocycles. The van der Waals surface area contributed by atoms with Gasteiger partial charge in [0.05, 0.1) is 0 Å². The summed E-state index contributed by atoms with van der Waals surface area (Å²) < 4.78 is 5.36. The molecule has 1 heterocycles. The summed E-state index contributed by atoms with van der Waals surface area (Å²) in [6, 6.07) is 0. The number of allylic oxidation sites excluding steroid dienone is 4. The van der Waals surface area contributed by atoms with Crippen molar-refractivity contribution in [3.63, 3.8) is 0 Å². The van der Waals surface area contributed by atoms with Crippen LogP contribution in [0.4, 0.5) is 0 Å². The third-order valence-corrected chi connectivity index (χ3v) is 4.70. The van der Waals surface area contributed by atoms with Crippen molar-refractivity contribution in [2.45, 2.75) is 32.6 Å². The zero-order valence-electron chi connectivity index (χ0n) is 10.8. The molecule has 1 unspecified atom stereocenters. The van der Waals surface area contributed by atoms with Gasteiger partial charge in [-0.2, -0.15) is 0 Å². The molecule has 0 saturated heterocycles. The molecule has 0 N–H and O–H groups in total. The Balaban J connectivity index is 2.13. The van der Waals surface area contributed by atoms with Crippen LogP contribution in [0.2, 0.25) is 0 Å². The normalized spacial score (nSPS) is 34.7. The molecular weight excluding hydrogens is 224 g/mol. The fraction of sp³-hybridized carbons (Fsp3) is 0.438. The van der Waals surface area contributed by atoms with Crippen LogP contribution in [0.1, 0.15) is 32.6 Å². The average Bonchev–Trinajstić information content (AvgIpc) is 2.63.